The number of likely N-dealkylation sites (tertiary alicyclic amines) is 1. The Morgan fingerprint density at radius 3 is 2.52 bits per heavy atom. The van der Waals surface area contributed by atoms with E-state index in [4.69, 9.17) is 5.14 Å². The van der Waals surface area contributed by atoms with Gasteiger partial charge in [0.25, 0.3) is 0 Å². The van der Waals surface area contributed by atoms with Gasteiger partial charge in [-0.2, -0.15) is 13.2 Å². The Labute approximate surface area is 130 Å². The van der Waals surface area contributed by atoms with Gasteiger partial charge in [-0.25, -0.2) is 17.9 Å². The molecule has 1 atom stereocenters. The lowest BCUT2D eigenvalue weighted by molar-refractivity contribution is -0.137. The van der Waals surface area contributed by atoms with Gasteiger partial charge in [0.15, 0.2) is 0 Å². The predicted octanol–water partition coefficient (Wildman–Crippen LogP) is 1.48. The number of hydrogen-bond donors (Lipinski definition) is 1. The van der Waals surface area contributed by atoms with Gasteiger partial charge in [-0.15, -0.1) is 0 Å². The molecule has 1 saturated heterocycles. The maximum atomic E-state index is 13.7. The summed E-state index contributed by atoms with van der Waals surface area (Å²) >= 11 is 0. The van der Waals surface area contributed by atoms with E-state index in [0.717, 1.165) is 4.90 Å². The number of primary sulfonamides is 1. The number of hydrogen-bond acceptors (Lipinski definition) is 3. The Morgan fingerprint density at radius 1 is 1.30 bits per heavy atom. The molecule has 2 rings (SSSR count). The van der Waals surface area contributed by atoms with Crippen LogP contribution in [0.3, 0.4) is 0 Å². The van der Waals surface area contributed by atoms with E-state index in [-0.39, 0.29) is 25.1 Å². The Balaban J connectivity index is 2.15. The molecule has 1 amide bonds. The van der Waals surface area contributed by atoms with Gasteiger partial charge in [-0.3, -0.25) is 4.79 Å². The molecule has 0 aromatic heterocycles. The highest BCUT2D eigenvalue weighted by Crippen LogP contribution is 2.31. The van der Waals surface area contributed by atoms with Gasteiger partial charge in [0.1, 0.15) is 5.82 Å². The van der Waals surface area contributed by atoms with Gasteiger partial charge in [0.05, 0.1) is 11.3 Å². The second kappa shape index (κ2) is 6.08. The number of carbonyl (C=O) groups is 1. The monoisotopic (exact) mass is 354 g/mol. The molecule has 1 aliphatic rings. The fraction of sp³-hybridized carbons (Fsp3) is 0.462. The van der Waals surface area contributed by atoms with Crippen LogP contribution >= 0.6 is 0 Å². The van der Waals surface area contributed by atoms with Crippen molar-refractivity contribution in [2.45, 2.75) is 19.1 Å². The largest absolute Gasteiger partial charge is 0.416 e. The lowest BCUT2D eigenvalue weighted by Crippen LogP contribution is -2.27. The van der Waals surface area contributed by atoms with Crippen LogP contribution in [-0.4, -0.2) is 31.5 Å². The number of rotatable bonds is 4. The van der Waals surface area contributed by atoms with Crippen molar-refractivity contribution >= 4 is 15.9 Å². The Morgan fingerprint density at radius 2 is 1.96 bits per heavy atom. The van der Waals surface area contributed by atoms with Crippen LogP contribution in [0.15, 0.2) is 18.2 Å². The second-order valence-electron chi connectivity index (χ2n) is 5.48. The van der Waals surface area contributed by atoms with Crippen LogP contribution in [0, 0.1) is 11.7 Å². The van der Waals surface area contributed by atoms with Crippen molar-refractivity contribution < 1.29 is 30.8 Å². The number of benzene rings is 1. The quantitative estimate of drug-likeness (QED) is 0.832. The van der Waals surface area contributed by atoms with E-state index in [0.29, 0.717) is 18.2 Å². The van der Waals surface area contributed by atoms with E-state index in [2.05, 4.69) is 0 Å². The summed E-state index contributed by atoms with van der Waals surface area (Å²) in [6, 6.07) is 1.96. The fourth-order valence-corrected chi connectivity index (χ4v) is 3.41. The molecule has 1 aromatic rings. The van der Waals surface area contributed by atoms with E-state index in [1.54, 1.807) is 0 Å². The number of carbonyl (C=O) groups excluding carboxylic acids is 1. The van der Waals surface area contributed by atoms with Crippen LogP contribution in [0.25, 0.3) is 0 Å². The molecule has 0 radical (unpaired) electrons. The third kappa shape index (κ3) is 4.64. The Bertz CT molecular complexity index is 718. The molecule has 1 aliphatic heterocycles. The highest BCUT2D eigenvalue weighted by molar-refractivity contribution is 7.89. The first-order valence-electron chi connectivity index (χ1n) is 6.59. The molecule has 1 heterocycles. The van der Waals surface area contributed by atoms with Gasteiger partial charge in [0.2, 0.25) is 15.9 Å². The first-order valence-corrected chi connectivity index (χ1v) is 8.31. The zero-order valence-corrected chi connectivity index (χ0v) is 12.6. The number of amides is 1. The molecular formula is C13H14F4N2O3S. The van der Waals surface area contributed by atoms with Gasteiger partial charge < -0.3 is 4.90 Å². The van der Waals surface area contributed by atoms with Crippen molar-refractivity contribution in [1.29, 1.82) is 0 Å². The summed E-state index contributed by atoms with van der Waals surface area (Å²) in [7, 11) is -3.76. The number of sulfonamides is 1. The fourth-order valence-electron chi connectivity index (χ4n) is 2.52. The van der Waals surface area contributed by atoms with Gasteiger partial charge in [0, 0.05) is 31.0 Å². The standard InChI is InChI=1S/C13H14F4N2O3S/c14-11-2-1-10(13(15,16)17)4-9(11)6-19-5-8(3-12(19)20)7-23(18,21)22/h1-2,4,8H,3,5-7H2,(H2,18,21,22). The molecule has 1 aromatic carbocycles. The minimum atomic E-state index is -4.62. The van der Waals surface area contributed by atoms with E-state index < -0.39 is 45.2 Å². The van der Waals surface area contributed by atoms with E-state index in [1.807, 2.05) is 0 Å². The minimum Gasteiger partial charge on any atom is -0.338 e. The summed E-state index contributed by atoms with van der Waals surface area (Å²) in [5.74, 6) is -2.26. The zero-order valence-electron chi connectivity index (χ0n) is 11.8. The van der Waals surface area contributed by atoms with Crippen molar-refractivity contribution in [2.75, 3.05) is 12.3 Å². The summed E-state index contributed by atoms with van der Waals surface area (Å²) in [5, 5.41) is 4.91. The van der Waals surface area contributed by atoms with Gasteiger partial charge >= 0.3 is 6.18 Å². The maximum absolute atomic E-state index is 13.7. The molecule has 1 unspecified atom stereocenters. The Hall–Kier alpha value is -1.68. The number of nitrogens with zero attached hydrogens (tertiary/aromatic N) is 1. The summed E-state index contributed by atoms with van der Waals surface area (Å²) in [6.45, 7) is -0.347. The number of nitrogens with two attached hydrogens (primary N) is 1. The first-order chi connectivity index (χ1) is 10.5. The van der Waals surface area contributed by atoms with E-state index in [1.165, 1.54) is 0 Å². The van der Waals surface area contributed by atoms with Crippen molar-refractivity contribution in [3.8, 4) is 0 Å². The van der Waals surface area contributed by atoms with Gasteiger partial charge in [-0.05, 0) is 18.2 Å². The van der Waals surface area contributed by atoms with Crippen LogP contribution in [-0.2, 0) is 27.5 Å². The smallest absolute Gasteiger partial charge is 0.338 e. The molecule has 1 fully saturated rings. The lowest BCUT2D eigenvalue weighted by Gasteiger charge is -2.18. The van der Waals surface area contributed by atoms with Crippen molar-refractivity contribution in [3.63, 3.8) is 0 Å². The van der Waals surface area contributed by atoms with Crippen LogP contribution in [0.5, 0.6) is 0 Å². The summed E-state index contributed by atoms with van der Waals surface area (Å²) in [4.78, 5) is 12.9. The normalized spacial score (nSPS) is 19.4. The second-order valence-corrected chi connectivity index (χ2v) is 7.14. The number of alkyl halides is 3. The number of halogens is 4. The average molecular weight is 354 g/mol. The van der Waals surface area contributed by atoms with Gasteiger partial charge in [-0.1, -0.05) is 0 Å². The molecule has 10 heteroatoms. The van der Waals surface area contributed by atoms with Crippen molar-refractivity contribution in [2.24, 2.45) is 11.1 Å². The SMILES string of the molecule is NS(=O)(=O)CC1CC(=O)N(Cc2cc(C(F)(F)F)ccc2F)C1. The van der Waals surface area contributed by atoms with Crippen molar-refractivity contribution in [1.82, 2.24) is 4.90 Å². The van der Waals surface area contributed by atoms with Crippen LogP contribution in [0.2, 0.25) is 0 Å². The van der Waals surface area contributed by atoms with Crippen LogP contribution in [0.1, 0.15) is 17.5 Å². The Kier molecular flexibility index (Phi) is 4.67. The summed E-state index contributed by atoms with van der Waals surface area (Å²) in [6.07, 6.45) is -4.70. The third-order valence-electron chi connectivity index (χ3n) is 3.50. The van der Waals surface area contributed by atoms with Crippen molar-refractivity contribution in [3.05, 3.63) is 35.1 Å². The molecule has 0 saturated carbocycles. The topological polar surface area (TPSA) is 80.5 Å². The minimum absolute atomic E-state index is 0.00491. The third-order valence-corrected chi connectivity index (χ3v) is 4.43. The predicted molar refractivity (Wildman–Crippen MR) is 72.9 cm³/mol. The highest BCUT2D eigenvalue weighted by atomic mass is 32.2. The van der Waals surface area contributed by atoms with Crippen LogP contribution < -0.4 is 5.14 Å². The maximum Gasteiger partial charge on any atom is 0.416 e. The van der Waals surface area contributed by atoms with Crippen LogP contribution in [0.4, 0.5) is 17.6 Å². The molecule has 23 heavy (non-hydrogen) atoms. The highest BCUT2D eigenvalue weighted by Gasteiger charge is 2.34. The molecule has 5 nitrogen and oxygen atoms in total. The average Bonchev–Trinajstić information content (AvgIpc) is 2.68. The molecule has 0 spiro atoms. The molecule has 0 bridgehead atoms. The molecule has 0 aliphatic carbocycles. The zero-order chi connectivity index (χ0) is 17.4. The van der Waals surface area contributed by atoms with E-state index in [9.17, 15) is 30.8 Å². The molecular weight excluding hydrogens is 340 g/mol. The lowest BCUT2D eigenvalue weighted by atomic mass is 10.1. The summed E-state index contributed by atoms with van der Waals surface area (Å²) in [5.41, 5.74) is -1.29. The first kappa shape index (κ1) is 17.7. The molecule has 128 valence electrons. The molecule has 2 N–H and O–H groups in total. The summed E-state index contributed by atoms with van der Waals surface area (Å²) < 4.78 is 73.7. The van der Waals surface area contributed by atoms with E-state index >= 15 is 0 Å².